The summed E-state index contributed by atoms with van der Waals surface area (Å²) >= 11 is 0. The van der Waals surface area contributed by atoms with Crippen LogP contribution in [-0.4, -0.2) is 19.1 Å². The van der Waals surface area contributed by atoms with Gasteiger partial charge in [-0.25, -0.2) is 0 Å². The van der Waals surface area contributed by atoms with Crippen molar-refractivity contribution in [3.05, 3.63) is 24.2 Å². The molecule has 0 atom stereocenters. The molecule has 0 unspecified atom stereocenters. The van der Waals surface area contributed by atoms with Crippen molar-refractivity contribution in [2.75, 3.05) is 13.1 Å². The molecule has 0 fully saturated rings. The molecule has 1 heterocycles. The third-order valence-corrected chi connectivity index (χ3v) is 1.76. The fraction of sp³-hybridized carbons (Fsp3) is 0.600. The van der Waals surface area contributed by atoms with Gasteiger partial charge in [0.05, 0.1) is 12.5 Å². The fourth-order valence-electron chi connectivity index (χ4n) is 1.08. The minimum absolute atomic E-state index is 0.565. The van der Waals surface area contributed by atoms with Crippen LogP contribution in [0.2, 0.25) is 0 Å². The average molecular weight is 182 g/mol. The van der Waals surface area contributed by atoms with E-state index >= 15 is 0 Å². The second-order valence-electron chi connectivity index (χ2n) is 3.42. The first-order valence-electron chi connectivity index (χ1n) is 4.74. The Morgan fingerprint density at radius 2 is 2.23 bits per heavy atom. The van der Waals surface area contributed by atoms with Gasteiger partial charge in [0.25, 0.3) is 0 Å². The van der Waals surface area contributed by atoms with Gasteiger partial charge in [-0.1, -0.05) is 13.8 Å². The third-order valence-electron chi connectivity index (χ3n) is 1.76. The van der Waals surface area contributed by atoms with Crippen LogP contribution in [0.1, 0.15) is 19.4 Å². The molecule has 0 aliphatic rings. The number of hydrogen-bond acceptors (Lipinski definition) is 3. The van der Waals surface area contributed by atoms with Gasteiger partial charge >= 0.3 is 0 Å². The normalized spacial score (nSPS) is 11.0. The Balaban J connectivity index is 1.96. The fourth-order valence-corrected chi connectivity index (χ4v) is 1.08. The van der Waals surface area contributed by atoms with Gasteiger partial charge in [0.1, 0.15) is 0 Å². The monoisotopic (exact) mass is 182 g/mol. The largest absolute Gasteiger partial charge is 0.472 e. The van der Waals surface area contributed by atoms with Gasteiger partial charge in [0, 0.05) is 31.2 Å². The number of hydrogen-bond donors (Lipinski definition) is 2. The standard InChI is InChI=1S/C10H18N2O/c1-9(2)12-5-4-11-7-10-3-6-13-8-10/h3,6,8-9,11-12H,4-5,7H2,1-2H3. The van der Waals surface area contributed by atoms with E-state index in [1.165, 1.54) is 5.56 Å². The highest BCUT2D eigenvalue weighted by Crippen LogP contribution is 1.97. The van der Waals surface area contributed by atoms with Gasteiger partial charge in [0.15, 0.2) is 0 Å². The quantitative estimate of drug-likeness (QED) is 0.652. The van der Waals surface area contributed by atoms with E-state index in [-0.39, 0.29) is 0 Å². The van der Waals surface area contributed by atoms with E-state index in [9.17, 15) is 0 Å². The molecule has 0 aliphatic heterocycles. The molecule has 0 radical (unpaired) electrons. The van der Waals surface area contributed by atoms with Gasteiger partial charge in [-0.3, -0.25) is 0 Å². The highest BCUT2D eigenvalue weighted by atomic mass is 16.3. The molecule has 0 bridgehead atoms. The Labute approximate surface area is 79.5 Å². The maximum Gasteiger partial charge on any atom is 0.0947 e. The van der Waals surface area contributed by atoms with Crippen molar-refractivity contribution in [3.8, 4) is 0 Å². The highest BCUT2D eigenvalue weighted by Gasteiger charge is 1.93. The topological polar surface area (TPSA) is 37.2 Å². The molecule has 74 valence electrons. The zero-order chi connectivity index (χ0) is 9.52. The predicted molar refractivity (Wildman–Crippen MR) is 53.6 cm³/mol. The molecule has 1 aromatic heterocycles. The second-order valence-corrected chi connectivity index (χ2v) is 3.42. The van der Waals surface area contributed by atoms with Gasteiger partial charge in [-0.2, -0.15) is 0 Å². The molecule has 3 nitrogen and oxygen atoms in total. The maximum absolute atomic E-state index is 4.95. The van der Waals surface area contributed by atoms with Crippen molar-refractivity contribution in [2.24, 2.45) is 0 Å². The summed E-state index contributed by atoms with van der Waals surface area (Å²) in [6.45, 7) is 7.18. The van der Waals surface area contributed by atoms with Crippen LogP contribution < -0.4 is 10.6 Å². The number of rotatable bonds is 6. The van der Waals surface area contributed by atoms with Crippen molar-refractivity contribution < 1.29 is 4.42 Å². The minimum Gasteiger partial charge on any atom is -0.472 e. The Morgan fingerprint density at radius 1 is 1.38 bits per heavy atom. The van der Waals surface area contributed by atoms with E-state index in [0.29, 0.717) is 6.04 Å². The molecule has 0 aromatic carbocycles. The van der Waals surface area contributed by atoms with Crippen LogP contribution in [0.25, 0.3) is 0 Å². The molecule has 13 heavy (non-hydrogen) atoms. The van der Waals surface area contributed by atoms with Crippen LogP contribution in [0.15, 0.2) is 23.0 Å². The van der Waals surface area contributed by atoms with Crippen molar-refractivity contribution in [3.63, 3.8) is 0 Å². The van der Waals surface area contributed by atoms with Gasteiger partial charge < -0.3 is 15.1 Å². The van der Waals surface area contributed by atoms with Gasteiger partial charge in [0.2, 0.25) is 0 Å². The third kappa shape index (κ3) is 4.70. The van der Waals surface area contributed by atoms with E-state index in [1.54, 1.807) is 12.5 Å². The van der Waals surface area contributed by atoms with Crippen LogP contribution in [0.5, 0.6) is 0 Å². The smallest absolute Gasteiger partial charge is 0.0947 e. The summed E-state index contributed by atoms with van der Waals surface area (Å²) in [6.07, 6.45) is 3.46. The SMILES string of the molecule is CC(C)NCCNCc1ccoc1. The van der Waals surface area contributed by atoms with Crippen LogP contribution in [0.4, 0.5) is 0 Å². The van der Waals surface area contributed by atoms with Gasteiger partial charge in [-0.15, -0.1) is 0 Å². The molecule has 2 N–H and O–H groups in total. The first kappa shape index (κ1) is 10.3. The first-order valence-corrected chi connectivity index (χ1v) is 4.74. The molecule has 0 amide bonds. The van der Waals surface area contributed by atoms with E-state index < -0.39 is 0 Å². The summed E-state index contributed by atoms with van der Waals surface area (Å²) in [7, 11) is 0. The highest BCUT2D eigenvalue weighted by molar-refractivity contribution is 5.04. The minimum atomic E-state index is 0.565. The van der Waals surface area contributed by atoms with Crippen molar-refractivity contribution in [1.82, 2.24) is 10.6 Å². The summed E-state index contributed by atoms with van der Waals surface area (Å²) in [6, 6.07) is 2.54. The first-order chi connectivity index (χ1) is 6.29. The lowest BCUT2D eigenvalue weighted by atomic mass is 10.3. The second kappa shape index (κ2) is 5.78. The van der Waals surface area contributed by atoms with Crippen molar-refractivity contribution >= 4 is 0 Å². The summed E-state index contributed by atoms with van der Waals surface area (Å²) in [5.41, 5.74) is 1.20. The Hall–Kier alpha value is -0.800. The van der Waals surface area contributed by atoms with Gasteiger partial charge in [-0.05, 0) is 6.07 Å². The Morgan fingerprint density at radius 3 is 2.85 bits per heavy atom. The number of nitrogens with one attached hydrogen (secondary N) is 2. The maximum atomic E-state index is 4.95. The van der Waals surface area contributed by atoms with Crippen LogP contribution in [0.3, 0.4) is 0 Å². The summed E-state index contributed by atoms with van der Waals surface area (Å²) < 4.78 is 4.95. The molecule has 0 saturated carbocycles. The Kier molecular flexibility index (Phi) is 4.57. The summed E-state index contributed by atoms with van der Waals surface area (Å²) in [5.74, 6) is 0. The van der Waals surface area contributed by atoms with E-state index in [2.05, 4.69) is 24.5 Å². The van der Waals surface area contributed by atoms with E-state index in [0.717, 1.165) is 19.6 Å². The lowest BCUT2D eigenvalue weighted by molar-refractivity contribution is 0.546. The summed E-state index contributed by atoms with van der Waals surface area (Å²) in [5, 5.41) is 6.66. The zero-order valence-corrected chi connectivity index (χ0v) is 8.34. The predicted octanol–water partition coefficient (Wildman–Crippen LogP) is 1.37. The molecule has 1 aromatic rings. The molecule has 3 heteroatoms. The molecule has 1 rings (SSSR count). The molecule has 0 aliphatic carbocycles. The Bertz CT molecular complexity index is 207. The average Bonchev–Trinajstić information content (AvgIpc) is 2.55. The number of furan rings is 1. The van der Waals surface area contributed by atoms with Crippen molar-refractivity contribution in [1.29, 1.82) is 0 Å². The molecule has 0 spiro atoms. The molecular weight excluding hydrogens is 164 g/mol. The van der Waals surface area contributed by atoms with E-state index in [1.807, 2.05) is 6.07 Å². The molecular formula is C10H18N2O. The van der Waals surface area contributed by atoms with Crippen LogP contribution in [0, 0.1) is 0 Å². The van der Waals surface area contributed by atoms with Crippen LogP contribution >= 0.6 is 0 Å². The van der Waals surface area contributed by atoms with Crippen LogP contribution in [-0.2, 0) is 6.54 Å². The lowest BCUT2D eigenvalue weighted by Gasteiger charge is -2.07. The summed E-state index contributed by atoms with van der Waals surface area (Å²) in [4.78, 5) is 0. The van der Waals surface area contributed by atoms with E-state index in [4.69, 9.17) is 4.42 Å². The molecule has 0 saturated heterocycles. The van der Waals surface area contributed by atoms with Crippen molar-refractivity contribution in [2.45, 2.75) is 26.4 Å². The zero-order valence-electron chi connectivity index (χ0n) is 8.34. The lowest BCUT2D eigenvalue weighted by Crippen LogP contribution is -2.31.